The van der Waals surface area contributed by atoms with Gasteiger partial charge in [0.25, 0.3) is 5.91 Å². The van der Waals surface area contributed by atoms with E-state index in [2.05, 4.69) is 24.5 Å². The standard InChI is InChI=1S/C27H46N6O4/c1-5-27(3)10-6-21(7-11-27)18-23(24(34)32(4)19-28)30-25(33-14-16-36-17-15-33)31-26(35)37-20(2)22-8-12-29-13-9-22/h20-23,29H,5-18H2,1-4H3,(H,30,31,35). The summed E-state index contributed by atoms with van der Waals surface area (Å²) in [6, 6.07) is -0.749. The molecule has 1 aliphatic carbocycles. The van der Waals surface area contributed by atoms with Crippen LogP contribution in [0.4, 0.5) is 4.79 Å². The molecule has 3 fully saturated rings. The van der Waals surface area contributed by atoms with Gasteiger partial charge in [0.05, 0.1) is 13.2 Å². The number of nitriles is 1. The number of rotatable bonds is 7. The first-order valence-electron chi connectivity index (χ1n) is 14.0. The fourth-order valence-electron chi connectivity index (χ4n) is 5.58. The maximum absolute atomic E-state index is 13.2. The SMILES string of the molecule is CCC1(C)CCC(CC(N=C(NC(=O)OC(C)C2CCNCC2)N2CCOCC2)C(=O)N(C)C#N)CC1. The first-order valence-corrected chi connectivity index (χ1v) is 14.0. The fraction of sp³-hybridized carbons (Fsp3) is 0.852. The Morgan fingerprint density at radius 3 is 2.49 bits per heavy atom. The molecule has 0 aromatic rings. The van der Waals surface area contributed by atoms with Crippen LogP contribution in [0.2, 0.25) is 0 Å². The van der Waals surface area contributed by atoms with Crippen molar-refractivity contribution in [2.24, 2.45) is 22.2 Å². The number of morpholine rings is 1. The second-order valence-electron chi connectivity index (χ2n) is 11.2. The molecule has 0 aromatic carbocycles. The maximum Gasteiger partial charge on any atom is 0.414 e. The van der Waals surface area contributed by atoms with Gasteiger partial charge in [-0.15, -0.1) is 0 Å². The Labute approximate surface area is 222 Å². The lowest BCUT2D eigenvalue weighted by molar-refractivity contribution is -0.128. The van der Waals surface area contributed by atoms with Gasteiger partial charge in [0.2, 0.25) is 5.96 Å². The number of ether oxygens (including phenoxy) is 2. The van der Waals surface area contributed by atoms with Crippen LogP contribution in [0, 0.1) is 28.7 Å². The van der Waals surface area contributed by atoms with Crippen LogP contribution < -0.4 is 10.6 Å². The molecule has 2 aliphatic heterocycles. The highest BCUT2D eigenvalue weighted by Crippen LogP contribution is 2.42. The summed E-state index contributed by atoms with van der Waals surface area (Å²) in [5.74, 6) is 0.636. The molecule has 2 atom stereocenters. The van der Waals surface area contributed by atoms with E-state index in [4.69, 9.17) is 14.5 Å². The number of piperidine rings is 1. The lowest BCUT2D eigenvalue weighted by Gasteiger charge is -2.37. The predicted octanol–water partition coefficient (Wildman–Crippen LogP) is 3.09. The Bertz CT molecular complexity index is 823. The Morgan fingerprint density at radius 2 is 1.89 bits per heavy atom. The minimum absolute atomic E-state index is 0.217. The smallest absolute Gasteiger partial charge is 0.414 e. The van der Waals surface area contributed by atoms with Crippen LogP contribution in [-0.2, 0) is 14.3 Å². The van der Waals surface area contributed by atoms with Crippen LogP contribution in [0.3, 0.4) is 0 Å². The molecule has 0 aromatic heterocycles. The van der Waals surface area contributed by atoms with Gasteiger partial charge in [-0.3, -0.25) is 15.0 Å². The van der Waals surface area contributed by atoms with Crippen molar-refractivity contribution in [3.63, 3.8) is 0 Å². The van der Waals surface area contributed by atoms with Crippen molar-refractivity contribution in [1.29, 1.82) is 5.26 Å². The highest BCUT2D eigenvalue weighted by atomic mass is 16.6. The van der Waals surface area contributed by atoms with E-state index in [1.165, 1.54) is 7.05 Å². The molecule has 10 heteroatoms. The van der Waals surface area contributed by atoms with E-state index >= 15 is 0 Å². The molecule has 2 N–H and O–H groups in total. The van der Waals surface area contributed by atoms with Crippen molar-refractivity contribution < 1.29 is 19.1 Å². The highest BCUT2D eigenvalue weighted by Gasteiger charge is 2.34. The molecular formula is C27H46N6O4. The summed E-state index contributed by atoms with van der Waals surface area (Å²) >= 11 is 0. The minimum atomic E-state index is -0.749. The number of guanidine groups is 1. The molecule has 3 aliphatic rings. The number of aliphatic imine (C=N–C) groups is 1. The van der Waals surface area contributed by atoms with Crippen molar-refractivity contribution in [3.8, 4) is 6.19 Å². The quantitative estimate of drug-likeness (QED) is 0.230. The molecule has 3 rings (SSSR count). The van der Waals surface area contributed by atoms with Crippen LogP contribution in [-0.4, -0.2) is 86.3 Å². The molecule has 2 amide bonds. The molecule has 10 nitrogen and oxygen atoms in total. The van der Waals surface area contributed by atoms with Crippen LogP contribution >= 0.6 is 0 Å². The van der Waals surface area contributed by atoms with E-state index in [0.29, 0.717) is 55.9 Å². The van der Waals surface area contributed by atoms with E-state index in [1.807, 2.05) is 18.0 Å². The fourth-order valence-corrected chi connectivity index (χ4v) is 5.58. The van der Waals surface area contributed by atoms with Gasteiger partial charge in [0, 0.05) is 20.1 Å². The van der Waals surface area contributed by atoms with Gasteiger partial charge in [-0.05, 0) is 82.2 Å². The van der Waals surface area contributed by atoms with Gasteiger partial charge in [0.1, 0.15) is 12.1 Å². The van der Waals surface area contributed by atoms with Crippen molar-refractivity contribution in [2.75, 3.05) is 46.4 Å². The number of amides is 2. The van der Waals surface area contributed by atoms with Gasteiger partial charge >= 0.3 is 6.09 Å². The predicted molar refractivity (Wildman–Crippen MR) is 142 cm³/mol. The summed E-state index contributed by atoms with van der Waals surface area (Å²) in [5, 5.41) is 15.6. The molecule has 2 heterocycles. The molecule has 0 bridgehead atoms. The zero-order chi connectivity index (χ0) is 26.8. The molecule has 0 radical (unpaired) electrons. The summed E-state index contributed by atoms with van der Waals surface area (Å²) in [6.45, 7) is 10.5. The number of alkyl carbamates (subject to hydrolysis) is 1. The second-order valence-corrected chi connectivity index (χ2v) is 11.2. The van der Waals surface area contributed by atoms with Crippen LogP contribution in [0.25, 0.3) is 0 Å². The van der Waals surface area contributed by atoms with Gasteiger partial charge in [-0.25, -0.2) is 9.79 Å². The largest absolute Gasteiger partial charge is 0.446 e. The van der Waals surface area contributed by atoms with Crippen molar-refractivity contribution >= 4 is 18.0 Å². The number of hydrogen-bond acceptors (Lipinski definition) is 7. The van der Waals surface area contributed by atoms with E-state index in [-0.39, 0.29) is 12.0 Å². The molecular weight excluding hydrogens is 472 g/mol. The third-order valence-corrected chi connectivity index (χ3v) is 8.63. The lowest BCUT2D eigenvalue weighted by Crippen LogP contribution is -2.51. The molecule has 1 saturated carbocycles. The Hall–Kier alpha value is -2.38. The molecule has 208 valence electrons. The van der Waals surface area contributed by atoms with Gasteiger partial charge in [0.15, 0.2) is 6.19 Å². The van der Waals surface area contributed by atoms with Crippen molar-refractivity contribution in [3.05, 3.63) is 0 Å². The number of carbonyl (C=O) groups excluding carboxylic acids is 2. The average molecular weight is 519 g/mol. The number of hydrogen-bond donors (Lipinski definition) is 2. The average Bonchev–Trinajstić information content (AvgIpc) is 2.93. The lowest BCUT2D eigenvalue weighted by atomic mass is 9.69. The number of nitrogens with zero attached hydrogens (tertiary/aromatic N) is 4. The molecule has 37 heavy (non-hydrogen) atoms. The topological polar surface area (TPSA) is 119 Å². The first kappa shape index (κ1) is 29.2. The minimum Gasteiger partial charge on any atom is -0.446 e. The highest BCUT2D eigenvalue weighted by molar-refractivity contribution is 5.96. The van der Waals surface area contributed by atoms with Crippen LogP contribution in [0.5, 0.6) is 0 Å². The van der Waals surface area contributed by atoms with E-state index in [0.717, 1.165) is 62.9 Å². The van der Waals surface area contributed by atoms with Gasteiger partial charge < -0.3 is 19.7 Å². The molecule has 2 saturated heterocycles. The third-order valence-electron chi connectivity index (χ3n) is 8.63. The molecule has 2 unspecified atom stereocenters. The Morgan fingerprint density at radius 1 is 1.24 bits per heavy atom. The van der Waals surface area contributed by atoms with E-state index in [1.54, 1.807) is 0 Å². The summed E-state index contributed by atoms with van der Waals surface area (Å²) in [6.07, 6.45) is 9.12. The monoisotopic (exact) mass is 518 g/mol. The summed E-state index contributed by atoms with van der Waals surface area (Å²) < 4.78 is 11.2. The third kappa shape index (κ3) is 8.57. The summed E-state index contributed by atoms with van der Waals surface area (Å²) in [7, 11) is 1.47. The first-order chi connectivity index (χ1) is 17.7. The Balaban J connectivity index is 1.76. The van der Waals surface area contributed by atoms with Crippen LogP contribution in [0.15, 0.2) is 4.99 Å². The van der Waals surface area contributed by atoms with Crippen molar-refractivity contribution in [2.45, 2.75) is 84.3 Å². The number of nitrogens with one attached hydrogen (secondary N) is 2. The van der Waals surface area contributed by atoms with Gasteiger partial charge in [-0.2, -0.15) is 5.26 Å². The van der Waals surface area contributed by atoms with Crippen molar-refractivity contribution in [1.82, 2.24) is 20.4 Å². The summed E-state index contributed by atoms with van der Waals surface area (Å²) in [5.41, 5.74) is 0.359. The summed E-state index contributed by atoms with van der Waals surface area (Å²) in [4.78, 5) is 34.0. The van der Waals surface area contributed by atoms with Gasteiger partial charge in [-0.1, -0.05) is 20.3 Å². The second kappa shape index (κ2) is 14.0. The Kier molecular flexibility index (Phi) is 11.0. The maximum atomic E-state index is 13.2. The van der Waals surface area contributed by atoms with E-state index < -0.39 is 12.1 Å². The molecule has 0 spiro atoms. The normalized spacial score (nSPS) is 27.1. The van der Waals surface area contributed by atoms with Crippen LogP contribution in [0.1, 0.15) is 72.1 Å². The number of likely N-dealkylation sites (N-methyl/N-ethyl adjacent to an activating group) is 1. The van der Waals surface area contributed by atoms with E-state index in [9.17, 15) is 14.9 Å². The number of carbonyl (C=O) groups is 2. The zero-order valence-electron chi connectivity index (χ0n) is 23.1. The zero-order valence-corrected chi connectivity index (χ0v) is 23.1.